The number of carbonyl (C=O) groups is 1. The van der Waals surface area contributed by atoms with Crippen LogP contribution in [0.25, 0.3) is 0 Å². The summed E-state index contributed by atoms with van der Waals surface area (Å²) in [5.41, 5.74) is 1.27. The van der Waals surface area contributed by atoms with Gasteiger partial charge in [0.2, 0.25) is 0 Å². The molecule has 138 valence electrons. The van der Waals surface area contributed by atoms with Gasteiger partial charge >= 0.3 is 0 Å². The Morgan fingerprint density at radius 2 is 2.42 bits per heavy atom. The first kappa shape index (κ1) is 17.5. The first-order valence-corrected chi connectivity index (χ1v) is 9.79. The minimum absolute atomic E-state index is 0.0354. The lowest BCUT2D eigenvalue weighted by Gasteiger charge is -2.39. The summed E-state index contributed by atoms with van der Waals surface area (Å²) in [6.45, 7) is 2.90. The lowest BCUT2D eigenvalue weighted by atomic mass is 9.88. The van der Waals surface area contributed by atoms with E-state index in [0.717, 1.165) is 38.0 Å². The van der Waals surface area contributed by atoms with Crippen LogP contribution in [0.1, 0.15) is 35.4 Å². The monoisotopic (exact) mass is 373 g/mol. The molecular formula is C18H23N5O2S. The summed E-state index contributed by atoms with van der Waals surface area (Å²) >= 11 is 1.21. The van der Waals surface area contributed by atoms with Gasteiger partial charge in [0, 0.05) is 30.7 Å². The number of rotatable bonds is 4. The molecule has 0 bridgehead atoms. The van der Waals surface area contributed by atoms with Gasteiger partial charge in [0.05, 0.1) is 24.4 Å². The largest absolute Gasteiger partial charge is 0.371 e. The minimum atomic E-state index is -0.236. The van der Waals surface area contributed by atoms with Crippen molar-refractivity contribution in [3.05, 3.63) is 41.2 Å². The number of hydrogen-bond donors (Lipinski definition) is 0. The molecule has 0 aromatic carbocycles. The molecule has 1 amide bonds. The highest BCUT2D eigenvalue weighted by Crippen LogP contribution is 2.36. The maximum atomic E-state index is 12.6. The predicted octanol–water partition coefficient (Wildman–Crippen LogP) is 1.83. The van der Waals surface area contributed by atoms with E-state index in [1.807, 2.05) is 29.3 Å². The van der Waals surface area contributed by atoms with Crippen molar-refractivity contribution in [2.24, 2.45) is 0 Å². The van der Waals surface area contributed by atoms with Gasteiger partial charge in [-0.05, 0) is 50.0 Å². The molecule has 2 unspecified atom stereocenters. The number of nitrogens with zero attached hydrogens (tertiary/aromatic N) is 5. The van der Waals surface area contributed by atoms with E-state index in [1.165, 1.54) is 11.5 Å². The van der Waals surface area contributed by atoms with Crippen molar-refractivity contribution in [1.82, 2.24) is 24.4 Å². The highest BCUT2D eigenvalue weighted by Gasteiger charge is 2.45. The summed E-state index contributed by atoms with van der Waals surface area (Å²) in [6, 6.07) is 6.34. The summed E-state index contributed by atoms with van der Waals surface area (Å²) in [5, 5.41) is 5.63. The molecule has 0 saturated carbocycles. The molecule has 2 atom stereocenters. The number of hydrogen-bond acceptors (Lipinski definition) is 7. The Kier molecular flexibility index (Phi) is 4.97. The zero-order chi connectivity index (χ0) is 18.0. The van der Waals surface area contributed by atoms with E-state index in [9.17, 15) is 4.79 Å². The van der Waals surface area contributed by atoms with Gasteiger partial charge in [-0.2, -0.15) is 0 Å². The molecule has 2 fully saturated rings. The minimum Gasteiger partial charge on any atom is -0.371 e. The summed E-state index contributed by atoms with van der Waals surface area (Å²) in [5.74, 6) is -0.0354. The summed E-state index contributed by atoms with van der Waals surface area (Å²) in [4.78, 5) is 21.2. The van der Waals surface area contributed by atoms with Crippen molar-refractivity contribution >= 4 is 17.4 Å². The fraction of sp³-hybridized carbons (Fsp3) is 0.556. The Morgan fingerprint density at radius 3 is 3.19 bits per heavy atom. The van der Waals surface area contributed by atoms with Crippen molar-refractivity contribution in [3.8, 4) is 0 Å². The van der Waals surface area contributed by atoms with Gasteiger partial charge < -0.3 is 9.64 Å². The number of carbonyl (C=O) groups excluding carboxylic acids is 1. The molecule has 0 N–H and O–H groups in total. The van der Waals surface area contributed by atoms with Gasteiger partial charge in [0.25, 0.3) is 5.91 Å². The Labute approximate surface area is 157 Å². The normalized spacial score (nSPS) is 25.9. The zero-order valence-corrected chi connectivity index (χ0v) is 15.7. The highest BCUT2D eigenvalue weighted by molar-refractivity contribution is 7.03. The van der Waals surface area contributed by atoms with E-state index in [0.29, 0.717) is 24.9 Å². The Balaban J connectivity index is 1.39. The van der Waals surface area contributed by atoms with Crippen molar-refractivity contribution in [2.45, 2.75) is 37.5 Å². The molecule has 0 radical (unpaired) electrons. The summed E-state index contributed by atoms with van der Waals surface area (Å²) in [7, 11) is 2.12. The first-order chi connectivity index (χ1) is 12.7. The van der Waals surface area contributed by atoms with E-state index in [1.54, 1.807) is 5.38 Å². The second-order valence-corrected chi connectivity index (χ2v) is 7.82. The second-order valence-electron chi connectivity index (χ2n) is 7.21. The van der Waals surface area contributed by atoms with E-state index >= 15 is 0 Å². The van der Waals surface area contributed by atoms with Crippen molar-refractivity contribution in [2.75, 3.05) is 26.7 Å². The van der Waals surface area contributed by atoms with Gasteiger partial charge in [-0.15, -0.1) is 5.10 Å². The molecule has 2 aromatic rings. The fourth-order valence-corrected chi connectivity index (χ4v) is 4.39. The molecule has 1 spiro atoms. The van der Waals surface area contributed by atoms with Crippen LogP contribution in [0.5, 0.6) is 0 Å². The van der Waals surface area contributed by atoms with Crippen LogP contribution in [0.3, 0.4) is 0 Å². The number of pyridine rings is 1. The van der Waals surface area contributed by atoms with E-state index < -0.39 is 0 Å². The van der Waals surface area contributed by atoms with Gasteiger partial charge in [-0.3, -0.25) is 14.7 Å². The Bertz CT molecular complexity index is 741. The number of likely N-dealkylation sites (tertiary alicyclic amines) is 1. The fourth-order valence-electron chi connectivity index (χ4n) is 3.96. The van der Waals surface area contributed by atoms with E-state index in [2.05, 4.69) is 26.5 Å². The van der Waals surface area contributed by atoms with E-state index in [-0.39, 0.29) is 11.5 Å². The van der Waals surface area contributed by atoms with Crippen LogP contribution in [0.2, 0.25) is 0 Å². The molecule has 0 aliphatic carbocycles. The molecule has 8 heteroatoms. The van der Waals surface area contributed by atoms with Crippen LogP contribution in [-0.4, -0.2) is 68.7 Å². The summed E-state index contributed by atoms with van der Waals surface area (Å²) < 4.78 is 10.1. The number of aromatic nitrogens is 3. The third-order valence-electron chi connectivity index (χ3n) is 5.36. The average Bonchev–Trinajstić information content (AvgIpc) is 3.33. The Hall–Kier alpha value is -1.90. The molecule has 4 rings (SSSR count). The average molecular weight is 373 g/mol. The van der Waals surface area contributed by atoms with Crippen molar-refractivity contribution < 1.29 is 9.53 Å². The molecule has 26 heavy (non-hydrogen) atoms. The lowest BCUT2D eigenvalue weighted by Crippen LogP contribution is -2.50. The van der Waals surface area contributed by atoms with Gasteiger partial charge in [-0.1, -0.05) is 10.6 Å². The molecule has 2 aromatic heterocycles. The standard InChI is InChI=1S/C18H23N5O2S/c1-22(10-14-5-2-3-7-19-14)15-9-18(25-11-15)6-4-8-23(13-18)17(24)16-12-26-21-20-16/h2-3,5,7,12,15H,4,6,8-11,13H2,1H3. The SMILES string of the molecule is CN(Cc1ccccn1)C1COC2(CCCN(C(=O)c3csnn3)C2)C1. The third kappa shape index (κ3) is 3.62. The lowest BCUT2D eigenvalue weighted by molar-refractivity contribution is -0.0452. The number of likely N-dealkylation sites (N-methyl/N-ethyl adjacent to an activating group) is 1. The molecule has 7 nitrogen and oxygen atoms in total. The van der Waals surface area contributed by atoms with Crippen LogP contribution in [0.15, 0.2) is 29.8 Å². The third-order valence-corrected chi connectivity index (χ3v) is 5.86. The van der Waals surface area contributed by atoms with Crippen LogP contribution in [0, 0.1) is 0 Å². The van der Waals surface area contributed by atoms with Gasteiger partial charge in [0.15, 0.2) is 5.69 Å². The molecule has 2 saturated heterocycles. The molecule has 4 heterocycles. The molecule has 2 aliphatic heterocycles. The number of amides is 1. The maximum Gasteiger partial charge on any atom is 0.275 e. The zero-order valence-electron chi connectivity index (χ0n) is 14.9. The van der Waals surface area contributed by atoms with E-state index in [4.69, 9.17) is 4.74 Å². The van der Waals surface area contributed by atoms with Gasteiger partial charge in [-0.25, -0.2) is 0 Å². The smallest absolute Gasteiger partial charge is 0.275 e. The van der Waals surface area contributed by atoms with Crippen LogP contribution >= 0.6 is 11.5 Å². The van der Waals surface area contributed by atoms with Crippen LogP contribution in [-0.2, 0) is 11.3 Å². The second kappa shape index (κ2) is 7.38. The molecular weight excluding hydrogens is 350 g/mol. The van der Waals surface area contributed by atoms with Crippen molar-refractivity contribution in [1.29, 1.82) is 0 Å². The quantitative estimate of drug-likeness (QED) is 0.814. The number of ether oxygens (including phenoxy) is 1. The van der Waals surface area contributed by atoms with Crippen LogP contribution in [0.4, 0.5) is 0 Å². The van der Waals surface area contributed by atoms with Gasteiger partial charge in [0.1, 0.15) is 0 Å². The van der Waals surface area contributed by atoms with Crippen molar-refractivity contribution in [3.63, 3.8) is 0 Å². The topological polar surface area (TPSA) is 71.5 Å². The highest BCUT2D eigenvalue weighted by atomic mass is 32.1. The summed E-state index contributed by atoms with van der Waals surface area (Å²) in [6.07, 6.45) is 4.73. The maximum absolute atomic E-state index is 12.6. The first-order valence-electron chi connectivity index (χ1n) is 8.96. The van der Waals surface area contributed by atoms with Crippen LogP contribution < -0.4 is 0 Å². The predicted molar refractivity (Wildman–Crippen MR) is 97.8 cm³/mol. The number of piperidine rings is 1. The Morgan fingerprint density at radius 1 is 1.50 bits per heavy atom. The molecule has 2 aliphatic rings.